The van der Waals surface area contributed by atoms with Crippen LogP contribution in [0, 0.1) is 0 Å². The Hall–Kier alpha value is -2.36. The lowest BCUT2D eigenvalue weighted by Gasteiger charge is -2.09. The van der Waals surface area contributed by atoms with Gasteiger partial charge in [-0.25, -0.2) is 0 Å². The number of hydrogen-bond acceptors (Lipinski definition) is 4. The molecule has 0 aromatic heterocycles. The molecule has 2 aromatic rings. The number of nitrogens with one attached hydrogen (secondary N) is 1. The molecule has 0 bridgehead atoms. The molecule has 0 saturated carbocycles. The van der Waals surface area contributed by atoms with E-state index >= 15 is 0 Å². The van der Waals surface area contributed by atoms with Crippen LogP contribution in [0.25, 0.3) is 0 Å². The van der Waals surface area contributed by atoms with Crippen molar-refractivity contribution in [3.05, 3.63) is 48.0 Å². The number of benzene rings is 2. The fourth-order valence-electron chi connectivity index (χ4n) is 1.52. The summed E-state index contributed by atoms with van der Waals surface area (Å²) in [5.41, 5.74) is 7.86. The van der Waals surface area contributed by atoms with Crippen LogP contribution < -0.4 is 11.1 Å². The Bertz CT molecular complexity index is 509. The van der Waals surface area contributed by atoms with E-state index in [1.54, 1.807) is 42.5 Å². The van der Waals surface area contributed by atoms with E-state index < -0.39 is 0 Å². The Morgan fingerprint density at radius 3 is 2.41 bits per heavy atom. The predicted molar refractivity (Wildman–Crippen MR) is 68.0 cm³/mol. The molecule has 0 atom stereocenters. The number of nitrogen functional groups attached to an aromatic ring is 1. The van der Waals surface area contributed by atoms with Gasteiger partial charge in [0.25, 0.3) is 0 Å². The monoisotopic (exact) mass is 230 g/mol. The molecular formula is C13H14N2O2. The second-order valence-electron chi connectivity index (χ2n) is 3.79. The zero-order chi connectivity index (χ0) is 12.3. The summed E-state index contributed by atoms with van der Waals surface area (Å²) in [5.74, 6) is 0.438. The van der Waals surface area contributed by atoms with E-state index in [0.29, 0.717) is 12.2 Å². The van der Waals surface area contributed by atoms with Gasteiger partial charge in [-0.2, -0.15) is 0 Å². The summed E-state index contributed by atoms with van der Waals surface area (Å²) in [6.07, 6.45) is 0. The normalized spacial score (nSPS) is 10.1. The van der Waals surface area contributed by atoms with Gasteiger partial charge in [-0.15, -0.1) is 0 Å². The quantitative estimate of drug-likeness (QED) is 0.482. The SMILES string of the molecule is Nc1ccc(O)c(CNc2ccc(O)cc2)c1. The van der Waals surface area contributed by atoms with Crippen molar-refractivity contribution in [1.29, 1.82) is 0 Å². The van der Waals surface area contributed by atoms with Gasteiger partial charge in [0.05, 0.1) is 0 Å². The smallest absolute Gasteiger partial charge is 0.120 e. The largest absolute Gasteiger partial charge is 0.508 e. The molecule has 0 spiro atoms. The molecule has 0 aliphatic carbocycles. The number of anilines is 2. The number of aromatic hydroxyl groups is 2. The van der Waals surface area contributed by atoms with Crippen molar-refractivity contribution in [2.75, 3.05) is 11.1 Å². The number of phenols is 2. The van der Waals surface area contributed by atoms with Crippen LogP contribution in [0.4, 0.5) is 11.4 Å². The van der Waals surface area contributed by atoms with Gasteiger partial charge in [0, 0.05) is 23.5 Å². The number of rotatable bonds is 3. The first kappa shape index (κ1) is 11.1. The van der Waals surface area contributed by atoms with Gasteiger partial charge < -0.3 is 21.3 Å². The highest BCUT2D eigenvalue weighted by Crippen LogP contribution is 2.21. The lowest BCUT2D eigenvalue weighted by Crippen LogP contribution is -2.00. The molecule has 0 radical (unpaired) electrons. The van der Waals surface area contributed by atoms with E-state index in [1.807, 2.05) is 0 Å². The summed E-state index contributed by atoms with van der Waals surface area (Å²) in [6.45, 7) is 0.474. The molecule has 4 heteroatoms. The molecule has 2 aromatic carbocycles. The summed E-state index contributed by atoms with van der Waals surface area (Å²) in [6, 6.07) is 11.7. The molecule has 88 valence electrons. The van der Waals surface area contributed by atoms with Gasteiger partial charge in [0.15, 0.2) is 0 Å². The molecule has 0 aliphatic heterocycles. The molecule has 0 fully saturated rings. The molecule has 4 nitrogen and oxygen atoms in total. The highest BCUT2D eigenvalue weighted by molar-refractivity contribution is 5.51. The van der Waals surface area contributed by atoms with Crippen molar-refractivity contribution >= 4 is 11.4 Å². The lowest BCUT2D eigenvalue weighted by atomic mass is 10.1. The standard InChI is InChI=1S/C13H14N2O2/c14-10-1-6-13(17)9(7-10)8-15-11-2-4-12(16)5-3-11/h1-7,15-17H,8,14H2. The fraction of sp³-hybridized carbons (Fsp3) is 0.0769. The average molecular weight is 230 g/mol. The first-order chi connectivity index (χ1) is 8.15. The van der Waals surface area contributed by atoms with E-state index in [4.69, 9.17) is 10.8 Å². The first-order valence-corrected chi connectivity index (χ1v) is 5.25. The minimum atomic E-state index is 0.213. The van der Waals surface area contributed by atoms with Crippen molar-refractivity contribution in [1.82, 2.24) is 0 Å². The highest BCUT2D eigenvalue weighted by Gasteiger charge is 2.01. The molecule has 2 rings (SSSR count). The summed E-state index contributed by atoms with van der Waals surface area (Å²) in [7, 11) is 0. The second kappa shape index (κ2) is 4.65. The summed E-state index contributed by atoms with van der Waals surface area (Å²) in [4.78, 5) is 0. The molecule has 0 aliphatic rings. The Morgan fingerprint density at radius 1 is 1.00 bits per heavy atom. The van der Waals surface area contributed by atoms with Crippen molar-refractivity contribution in [2.45, 2.75) is 6.54 Å². The third-order valence-corrected chi connectivity index (χ3v) is 2.45. The zero-order valence-corrected chi connectivity index (χ0v) is 9.22. The number of nitrogens with two attached hydrogens (primary N) is 1. The van der Waals surface area contributed by atoms with E-state index in [-0.39, 0.29) is 11.5 Å². The van der Waals surface area contributed by atoms with Gasteiger partial charge >= 0.3 is 0 Å². The van der Waals surface area contributed by atoms with Gasteiger partial charge in [-0.3, -0.25) is 0 Å². The van der Waals surface area contributed by atoms with Gasteiger partial charge in [-0.1, -0.05) is 0 Å². The first-order valence-electron chi connectivity index (χ1n) is 5.25. The van der Waals surface area contributed by atoms with Crippen LogP contribution in [-0.2, 0) is 6.54 Å². The maximum atomic E-state index is 9.62. The van der Waals surface area contributed by atoms with Crippen LogP contribution in [0.5, 0.6) is 11.5 Å². The Balaban J connectivity index is 2.07. The van der Waals surface area contributed by atoms with E-state index in [9.17, 15) is 5.11 Å². The van der Waals surface area contributed by atoms with Crippen molar-refractivity contribution in [3.63, 3.8) is 0 Å². The van der Waals surface area contributed by atoms with Crippen LogP contribution in [-0.4, -0.2) is 10.2 Å². The minimum absolute atomic E-state index is 0.213. The van der Waals surface area contributed by atoms with Crippen LogP contribution in [0.3, 0.4) is 0 Å². The Labute approximate surface area is 99.3 Å². The highest BCUT2D eigenvalue weighted by atomic mass is 16.3. The van der Waals surface area contributed by atoms with Crippen molar-refractivity contribution in [3.8, 4) is 11.5 Å². The van der Waals surface area contributed by atoms with Gasteiger partial charge in [-0.05, 0) is 42.5 Å². The van der Waals surface area contributed by atoms with Crippen molar-refractivity contribution in [2.24, 2.45) is 0 Å². The molecule has 0 saturated heterocycles. The maximum Gasteiger partial charge on any atom is 0.120 e. The van der Waals surface area contributed by atoms with Crippen LogP contribution >= 0.6 is 0 Å². The molecule has 17 heavy (non-hydrogen) atoms. The second-order valence-corrected chi connectivity index (χ2v) is 3.79. The predicted octanol–water partition coefficient (Wildman–Crippen LogP) is 2.29. The molecule has 5 N–H and O–H groups in total. The van der Waals surface area contributed by atoms with E-state index in [0.717, 1.165) is 11.3 Å². The third-order valence-electron chi connectivity index (χ3n) is 2.45. The van der Waals surface area contributed by atoms with Crippen LogP contribution in [0.2, 0.25) is 0 Å². The molecule has 0 amide bonds. The van der Waals surface area contributed by atoms with Crippen LogP contribution in [0.15, 0.2) is 42.5 Å². The summed E-state index contributed by atoms with van der Waals surface area (Å²) >= 11 is 0. The Morgan fingerprint density at radius 2 is 1.71 bits per heavy atom. The van der Waals surface area contributed by atoms with Gasteiger partial charge in [0.2, 0.25) is 0 Å². The maximum absolute atomic E-state index is 9.62. The van der Waals surface area contributed by atoms with E-state index in [2.05, 4.69) is 5.32 Å². The number of hydrogen-bond donors (Lipinski definition) is 4. The number of phenolic OH excluding ortho intramolecular Hbond substituents is 2. The lowest BCUT2D eigenvalue weighted by molar-refractivity contribution is 0.469. The van der Waals surface area contributed by atoms with Crippen LogP contribution in [0.1, 0.15) is 5.56 Å². The van der Waals surface area contributed by atoms with Crippen molar-refractivity contribution < 1.29 is 10.2 Å². The summed E-state index contributed by atoms with van der Waals surface area (Å²) < 4.78 is 0. The molecule has 0 unspecified atom stereocenters. The fourth-order valence-corrected chi connectivity index (χ4v) is 1.52. The summed E-state index contributed by atoms with van der Waals surface area (Å²) in [5, 5.41) is 21.9. The average Bonchev–Trinajstić information content (AvgIpc) is 2.32. The van der Waals surface area contributed by atoms with E-state index in [1.165, 1.54) is 0 Å². The zero-order valence-electron chi connectivity index (χ0n) is 9.22. The molecular weight excluding hydrogens is 216 g/mol. The third kappa shape index (κ3) is 2.81. The molecule has 0 heterocycles. The van der Waals surface area contributed by atoms with Gasteiger partial charge in [0.1, 0.15) is 11.5 Å². The Kier molecular flexibility index (Phi) is 3.05. The topological polar surface area (TPSA) is 78.5 Å². The minimum Gasteiger partial charge on any atom is -0.508 e.